The smallest absolute Gasteiger partial charge is 0.394 e. The first-order valence-corrected chi connectivity index (χ1v) is 14.3. The number of aromatic amines is 1. The number of carbonyl (C=O) groups is 1. The van der Waals surface area contributed by atoms with Crippen molar-refractivity contribution in [2.45, 2.75) is 55.2 Å². The molecule has 41 heavy (non-hydrogen) atoms. The van der Waals surface area contributed by atoms with Crippen LogP contribution in [0.1, 0.15) is 6.23 Å². The number of aromatic nitrogens is 4. The van der Waals surface area contributed by atoms with Crippen LogP contribution in [0.15, 0.2) is 11.1 Å². The normalized spacial score (nSPS) is 34.4. The molecule has 2 aromatic heterocycles. The summed E-state index contributed by atoms with van der Waals surface area (Å²) in [5.74, 6) is -1.59. The quantitative estimate of drug-likeness (QED) is 0.109. The SMILES string of the molecule is Nc1nc2c(ncn2[C@@H]2O[C@H](COP(=O)(O)OP(=O)(O)O[C@H]3O[C@H]([C@H](O)CO)C(=O)[C@H](O)[C@@H]3O)[C@@H](O)[C@H]2O)c(=O)[nH]1. The monoisotopic (exact) mass is 633 g/mol. The molecule has 0 amide bonds. The molecule has 2 unspecified atom stereocenters. The predicted molar refractivity (Wildman–Crippen MR) is 125 cm³/mol. The molecule has 0 spiro atoms. The largest absolute Gasteiger partial charge is 0.483 e. The van der Waals surface area contributed by atoms with E-state index in [-0.39, 0.29) is 17.1 Å². The number of hydrogen-bond acceptors (Lipinski definition) is 18. The molecular formula is C17H25N5O17P2. The fourth-order valence-corrected chi connectivity index (χ4v) is 6.10. The van der Waals surface area contributed by atoms with Crippen molar-refractivity contribution in [3.05, 3.63) is 16.7 Å². The van der Waals surface area contributed by atoms with Gasteiger partial charge >= 0.3 is 15.6 Å². The lowest BCUT2D eigenvalue weighted by molar-refractivity contribution is -0.243. The molecule has 2 aliphatic heterocycles. The van der Waals surface area contributed by atoms with Crippen molar-refractivity contribution >= 4 is 38.5 Å². The van der Waals surface area contributed by atoms with Crippen molar-refractivity contribution in [3.63, 3.8) is 0 Å². The van der Waals surface area contributed by atoms with E-state index in [0.29, 0.717) is 0 Å². The van der Waals surface area contributed by atoms with Gasteiger partial charge in [0.05, 0.1) is 19.5 Å². The third kappa shape index (κ3) is 6.57. The Morgan fingerprint density at radius 3 is 2.44 bits per heavy atom. The number of nitrogens with zero attached hydrogens (tertiary/aromatic N) is 3. The van der Waals surface area contributed by atoms with Gasteiger partial charge in [-0.2, -0.15) is 9.29 Å². The van der Waals surface area contributed by atoms with E-state index in [2.05, 4.69) is 28.3 Å². The van der Waals surface area contributed by atoms with Gasteiger partial charge in [-0.25, -0.2) is 14.1 Å². The summed E-state index contributed by atoms with van der Waals surface area (Å²) in [7, 11) is -11.3. The number of ketones is 1. The van der Waals surface area contributed by atoms with Gasteiger partial charge in [0.15, 0.2) is 29.5 Å². The number of rotatable bonds is 10. The van der Waals surface area contributed by atoms with Crippen molar-refractivity contribution in [3.8, 4) is 0 Å². The topological polar surface area (TPSA) is 349 Å². The third-order valence-corrected chi connectivity index (χ3v) is 8.50. The number of aliphatic hydroxyl groups excluding tert-OH is 6. The standard InChI is InChI=1S/C17H25N5O17P2/c18-17-20-13-6(14(30)21-17)19-3-22(13)15-10(28)7(25)5(36-15)2-35-40(31,32)39-41(33,34)38-16-11(29)8(26)9(27)12(37-16)4(24)1-23/h3-5,7-8,10-12,15-16,23-26,28-29H,1-2H2,(H,31,32)(H,33,34)(H3,18,20,21,30)/t4-,5-,7-,8+,10-,11+,12-,15-,16-/m1/s1. The first-order valence-electron chi connectivity index (χ1n) is 11.3. The lowest BCUT2D eigenvalue weighted by Crippen LogP contribution is -2.59. The minimum atomic E-state index is -5.72. The van der Waals surface area contributed by atoms with Gasteiger partial charge in [0.2, 0.25) is 5.95 Å². The number of hydrogen-bond donors (Lipinski definition) is 10. The fraction of sp³-hybridized carbons (Fsp3) is 0.647. The number of fused-ring (bicyclic) bond motifs is 1. The van der Waals surface area contributed by atoms with Crippen LogP contribution in [0.3, 0.4) is 0 Å². The van der Waals surface area contributed by atoms with Crippen LogP contribution in [0.4, 0.5) is 5.95 Å². The predicted octanol–water partition coefficient (Wildman–Crippen LogP) is -5.06. The molecule has 2 aliphatic rings. The van der Waals surface area contributed by atoms with Crippen LogP contribution >= 0.6 is 15.6 Å². The Kier molecular flexibility index (Phi) is 9.12. The summed E-state index contributed by atoms with van der Waals surface area (Å²) in [5.41, 5.74) is 4.49. The fourth-order valence-electron chi connectivity index (χ4n) is 3.94. The van der Waals surface area contributed by atoms with Gasteiger partial charge in [-0.05, 0) is 0 Å². The van der Waals surface area contributed by atoms with Crippen LogP contribution in [-0.4, -0.2) is 128 Å². The van der Waals surface area contributed by atoms with Gasteiger partial charge in [0.25, 0.3) is 5.56 Å². The minimum Gasteiger partial charge on any atom is -0.394 e. The second kappa shape index (κ2) is 11.8. The van der Waals surface area contributed by atoms with E-state index in [1.54, 1.807) is 0 Å². The van der Waals surface area contributed by atoms with Crippen LogP contribution in [0.5, 0.6) is 0 Å². The van der Waals surface area contributed by atoms with Crippen molar-refractivity contribution in [1.82, 2.24) is 19.5 Å². The molecule has 11 N–H and O–H groups in total. The molecule has 0 aliphatic carbocycles. The Morgan fingerprint density at radius 1 is 1.10 bits per heavy atom. The minimum absolute atomic E-state index is 0.133. The van der Waals surface area contributed by atoms with Crippen molar-refractivity contribution in [1.29, 1.82) is 0 Å². The molecule has 0 saturated carbocycles. The highest BCUT2D eigenvalue weighted by Crippen LogP contribution is 2.61. The summed E-state index contributed by atoms with van der Waals surface area (Å²) in [6.45, 7) is -2.09. The van der Waals surface area contributed by atoms with Gasteiger partial charge in [0.1, 0.15) is 42.7 Å². The summed E-state index contributed by atoms with van der Waals surface area (Å²) in [5, 5.41) is 59.1. The zero-order valence-corrected chi connectivity index (χ0v) is 22.0. The number of nitrogens with two attached hydrogens (primary N) is 1. The number of imidazole rings is 1. The first-order chi connectivity index (χ1) is 19.0. The van der Waals surface area contributed by atoms with E-state index in [1.165, 1.54) is 0 Å². The highest BCUT2D eigenvalue weighted by molar-refractivity contribution is 7.61. The molecule has 0 radical (unpaired) electrons. The molecule has 230 valence electrons. The number of aliphatic hydroxyl groups is 6. The second-order valence-corrected chi connectivity index (χ2v) is 11.8. The summed E-state index contributed by atoms with van der Waals surface area (Å²) in [4.78, 5) is 53.7. The Hall–Kier alpha value is -2.24. The lowest BCUT2D eigenvalue weighted by Gasteiger charge is -2.37. The maximum absolute atomic E-state index is 12.3. The van der Waals surface area contributed by atoms with Crippen LogP contribution in [0, 0.1) is 0 Å². The molecule has 2 saturated heterocycles. The van der Waals surface area contributed by atoms with Crippen molar-refractivity contribution < 1.29 is 77.2 Å². The van der Waals surface area contributed by atoms with E-state index < -0.39 is 95.4 Å². The van der Waals surface area contributed by atoms with Gasteiger partial charge in [-0.3, -0.25) is 28.2 Å². The number of Topliss-reactive ketones (excluding diaryl/α,β-unsaturated/α-hetero) is 1. The second-order valence-electron chi connectivity index (χ2n) is 8.75. The summed E-state index contributed by atoms with van der Waals surface area (Å²) in [6, 6.07) is 0. The Morgan fingerprint density at radius 2 is 1.78 bits per heavy atom. The third-order valence-electron chi connectivity index (χ3n) is 5.90. The average Bonchev–Trinajstić information content (AvgIpc) is 3.42. The Balaban J connectivity index is 1.40. The number of H-pyrrole nitrogens is 1. The van der Waals surface area contributed by atoms with E-state index >= 15 is 0 Å². The number of phosphoric acid groups is 2. The lowest BCUT2D eigenvalue weighted by atomic mass is 9.97. The highest BCUT2D eigenvalue weighted by Gasteiger charge is 2.51. The summed E-state index contributed by atoms with van der Waals surface area (Å²) >= 11 is 0. The van der Waals surface area contributed by atoms with E-state index in [9.17, 15) is 54.0 Å². The van der Waals surface area contributed by atoms with E-state index in [1.807, 2.05) is 0 Å². The zero-order valence-electron chi connectivity index (χ0n) is 20.3. The van der Waals surface area contributed by atoms with Crippen LogP contribution in [0.2, 0.25) is 0 Å². The highest BCUT2D eigenvalue weighted by atomic mass is 31.3. The van der Waals surface area contributed by atoms with Gasteiger partial charge < -0.3 is 55.6 Å². The Labute approximate surface area is 226 Å². The summed E-state index contributed by atoms with van der Waals surface area (Å²) in [6.07, 6.45) is -16.4. The number of nitrogens with one attached hydrogen (secondary N) is 1. The molecule has 4 heterocycles. The van der Waals surface area contributed by atoms with Gasteiger partial charge in [-0.15, -0.1) is 0 Å². The molecule has 24 heteroatoms. The number of carbonyl (C=O) groups excluding carboxylic acids is 1. The molecular weight excluding hydrogens is 608 g/mol. The average molecular weight is 633 g/mol. The number of nitrogen functional groups attached to an aromatic ring is 1. The number of phosphoric ester groups is 2. The molecule has 4 rings (SSSR count). The molecule has 2 fully saturated rings. The molecule has 0 bridgehead atoms. The maximum atomic E-state index is 12.3. The van der Waals surface area contributed by atoms with Crippen molar-refractivity contribution in [2.24, 2.45) is 0 Å². The van der Waals surface area contributed by atoms with E-state index in [0.717, 1.165) is 10.9 Å². The molecule has 2 aromatic rings. The zero-order chi connectivity index (χ0) is 30.4. The molecule has 0 aromatic carbocycles. The molecule has 11 atom stereocenters. The number of ether oxygens (including phenoxy) is 2. The first kappa shape index (κ1) is 31.7. The van der Waals surface area contributed by atoms with Crippen LogP contribution in [-0.2, 0) is 36.8 Å². The van der Waals surface area contributed by atoms with Crippen LogP contribution < -0.4 is 11.3 Å². The maximum Gasteiger partial charge on any atom is 0.483 e. The number of anilines is 1. The molecule has 22 nitrogen and oxygen atoms in total. The van der Waals surface area contributed by atoms with E-state index in [4.69, 9.17) is 20.3 Å². The Bertz CT molecular complexity index is 1440. The van der Waals surface area contributed by atoms with Crippen LogP contribution in [0.25, 0.3) is 11.2 Å². The van der Waals surface area contributed by atoms with Gasteiger partial charge in [-0.1, -0.05) is 0 Å². The van der Waals surface area contributed by atoms with Crippen molar-refractivity contribution in [2.75, 3.05) is 18.9 Å². The van der Waals surface area contributed by atoms with Gasteiger partial charge in [0, 0.05) is 0 Å². The summed E-state index contributed by atoms with van der Waals surface area (Å²) < 4.78 is 49.1.